The van der Waals surface area contributed by atoms with Gasteiger partial charge in [-0.05, 0) is 49.4 Å². The van der Waals surface area contributed by atoms with E-state index in [1.165, 1.54) is 18.2 Å². The molecule has 4 nitrogen and oxygen atoms in total. The van der Waals surface area contributed by atoms with Crippen LogP contribution in [0.5, 0.6) is 0 Å². The number of hydrogen-bond acceptors (Lipinski definition) is 3. The zero-order valence-electron chi connectivity index (χ0n) is 13.9. The number of rotatable bonds is 6. The smallest absolute Gasteiger partial charge is 0.207 e. The summed E-state index contributed by atoms with van der Waals surface area (Å²) in [6.45, 7) is 2.28. The number of benzene rings is 2. The average Bonchev–Trinajstić information content (AvgIpc) is 3.45. The normalized spacial score (nSPS) is 15.8. The zero-order valence-corrected chi connectivity index (χ0v) is 15.5. The predicted molar refractivity (Wildman–Crippen MR) is 97.5 cm³/mol. The van der Waals surface area contributed by atoms with Crippen LogP contribution in [-0.2, 0) is 16.6 Å². The summed E-state index contributed by atoms with van der Waals surface area (Å²) in [4.78, 5) is 0.125. The van der Waals surface area contributed by atoms with Gasteiger partial charge in [0, 0.05) is 12.6 Å². The second-order valence-electron chi connectivity index (χ2n) is 6.37. The summed E-state index contributed by atoms with van der Waals surface area (Å²) in [5.74, 6) is 0.396. The van der Waals surface area contributed by atoms with Gasteiger partial charge < -0.3 is 0 Å². The maximum absolute atomic E-state index is 13.2. The summed E-state index contributed by atoms with van der Waals surface area (Å²) < 4.78 is 28.0. The minimum atomic E-state index is -3.71. The van der Waals surface area contributed by atoms with Crippen LogP contribution >= 0.6 is 11.6 Å². The van der Waals surface area contributed by atoms with Crippen molar-refractivity contribution in [3.8, 4) is 6.07 Å². The average molecular weight is 375 g/mol. The summed E-state index contributed by atoms with van der Waals surface area (Å²) in [5.41, 5.74) is 1.21. The topological polar surface area (TPSA) is 61.2 Å². The zero-order chi connectivity index (χ0) is 18.0. The van der Waals surface area contributed by atoms with E-state index in [2.05, 4.69) is 0 Å². The summed E-state index contributed by atoms with van der Waals surface area (Å²) in [6, 6.07) is 15.7. The van der Waals surface area contributed by atoms with Crippen LogP contribution in [0.4, 0.5) is 0 Å². The molecule has 6 heteroatoms. The van der Waals surface area contributed by atoms with E-state index in [1.54, 1.807) is 4.31 Å². The van der Waals surface area contributed by atoms with Gasteiger partial charge in [0.05, 0.1) is 15.5 Å². The lowest BCUT2D eigenvalue weighted by Gasteiger charge is -2.28. The molecule has 130 valence electrons. The van der Waals surface area contributed by atoms with Crippen LogP contribution in [-0.4, -0.2) is 18.8 Å². The molecule has 0 aliphatic heterocycles. The van der Waals surface area contributed by atoms with Crippen molar-refractivity contribution in [2.24, 2.45) is 5.92 Å². The maximum Gasteiger partial charge on any atom is 0.243 e. The largest absolute Gasteiger partial charge is 0.243 e. The third-order valence-corrected chi connectivity index (χ3v) is 6.85. The Balaban J connectivity index is 1.98. The Morgan fingerprint density at radius 3 is 2.48 bits per heavy atom. The fourth-order valence-corrected chi connectivity index (χ4v) is 4.90. The minimum Gasteiger partial charge on any atom is -0.207 e. The highest BCUT2D eigenvalue weighted by Gasteiger charge is 2.38. The van der Waals surface area contributed by atoms with E-state index in [9.17, 15) is 8.42 Å². The van der Waals surface area contributed by atoms with E-state index in [0.717, 1.165) is 18.4 Å². The quantitative estimate of drug-likeness (QED) is 0.761. The Morgan fingerprint density at radius 2 is 1.92 bits per heavy atom. The van der Waals surface area contributed by atoms with Crippen molar-refractivity contribution >= 4 is 21.6 Å². The van der Waals surface area contributed by atoms with Gasteiger partial charge in [-0.15, -0.1) is 0 Å². The Morgan fingerprint density at radius 1 is 1.24 bits per heavy atom. The molecule has 3 rings (SSSR count). The maximum atomic E-state index is 13.2. The molecule has 0 heterocycles. The van der Waals surface area contributed by atoms with E-state index >= 15 is 0 Å². The Bertz CT molecular complexity index is 903. The van der Waals surface area contributed by atoms with Crippen molar-refractivity contribution in [3.63, 3.8) is 0 Å². The van der Waals surface area contributed by atoms with Crippen molar-refractivity contribution in [3.05, 3.63) is 64.7 Å². The molecule has 0 radical (unpaired) electrons. The molecular formula is C19H19ClN2O2S. The van der Waals surface area contributed by atoms with Gasteiger partial charge in [-0.3, -0.25) is 0 Å². The van der Waals surface area contributed by atoms with E-state index in [1.807, 2.05) is 43.3 Å². The molecule has 1 aliphatic carbocycles. The molecule has 1 aliphatic rings. The second-order valence-corrected chi connectivity index (χ2v) is 8.67. The summed E-state index contributed by atoms with van der Waals surface area (Å²) >= 11 is 6.05. The highest BCUT2D eigenvalue weighted by molar-refractivity contribution is 7.89. The van der Waals surface area contributed by atoms with Crippen molar-refractivity contribution < 1.29 is 8.42 Å². The van der Waals surface area contributed by atoms with Gasteiger partial charge in [0.15, 0.2) is 0 Å². The Labute approximate surface area is 153 Å². The van der Waals surface area contributed by atoms with Gasteiger partial charge in [-0.25, -0.2) is 8.42 Å². The molecule has 0 aromatic heterocycles. The lowest BCUT2D eigenvalue weighted by molar-refractivity contribution is 0.303. The van der Waals surface area contributed by atoms with E-state index in [0.29, 0.717) is 12.5 Å². The standard InChI is InChI=1S/C19H19ClN2O2S/c1-14(16-7-8-16)22(13-15-5-3-2-4-6-15)25(23,24)18-10-9-17(12-21)19(20)11-18/h2-6,9-11,14,16H,7-8,13H2,1H3. The molecule has 1 atom stereocenters. The minimum absolute atomic E-state index is 0.0837. The first-order chi connectivity index (χ1) is 11.9. The van der Waals surface area contributed by atoms with Crippen molar-refractivity contribution in [2.45, 2.75) is 37.2 Å². The first-order valence-corrected chi connectivity index (χ1v) is 10.0. The highest BCUT2D eigenvalue weighted by atomic mass is 35.5. The number of hydrogen-bond donors (Lipinski definition) is 0. The van der Waals surface area contributed by atoms with Gasteiger partial charge in [0.25, 0.3) is 0 Å². The van der Waals surface area contributed by atoms with Crippen LogP contribution in [0.3, 0.4) is 0 Å². The second kappa shape index (κ2) is 7.17. The number of nitrogens with zero attached hydrogens (tertiary/aromatic N) is 2. The lowest BCUT2D eigenvalue weighted by atomic mass is 10.2. The molecule has 0 saturated heterocycles. The van der Waals surface area contributed by atoms with Gasteiger partial charge in [-0.1, -0.05) is 41.9 Å². The van der Waals surface area contributed by atoms with Gasteiger partial charge >= 0.3 is 0 Å². The van der Waals surface area contributed by atoms with Gasteiger partial charge in [-0.2, -0.15) is 9.57 Å². The fourth-order valence-electron chi connectivity index (χ4n) is 2.91. The molecule has 0 N–H and O–H groups in total. The molecule has 1 unspecified atom stereocenters. The monoisotopic (exact) mass is 374 g/mol. The van der Waals surface area contributed by atoms with Crippen molar-refractivity contribution in [1.82, 2.24) is 4.31 Å². The van der Waals surface area contributed by atoms with Crippen LogP contribution < -0.4 is 0 Å². The highest BCUT2D eigenvalue weighted by Crippen LogP contribution is 2.38. The first kappa shape index (κ1) is 17.9. The van der Waals surface area contributed by atoms with E-state index < -0.39 is 10.0 Å². The van der Waals surface area contributed by atoms with Crippen LogP contribution in [0.2, 0.25) is 5.02 Å². The van der Waals surface area contributed by atoms with E-state index in [4.69, 9.17) is 16.9 Å². The molecular weight excluding hydrogens is 356 g/mol. The SMILES string of the molecule is CC(C1CC1)N(Cc1ccccc1)S(=O)(=O)c1ccc(C#N)c(Cl)c1. The molecule has 0 bridgehead atoms. The van der Waals surface area contributed by atoms with E-state index in [-0.39, 0.29) is 21.5 Å². The third-order valence-electron chi connectivity index (χ3n) is 4.61. The fraction of sp³-hybridized carbons (Fsp3) is 0.316. The molecule has 25 heavy (non-hydrogen) atoms. The Kier molecular flexibility index (Phi) is 5.14. The lowest BCUT2D eigenvalue weighted by Crippen LogP contribution is -2.39. The van der Waals surface area contributed by atoms with Gasteiger partial charge in [0.1, 0.15) is 6.07 Å². The number of nitriles is 1. The van der Waals surface area contributed by atoms with Crippen LogP contribution in [0.15, 0.2) is 53.4 Å². The summed E-state index contributed by atoms with van der Waals surface area (Å²) in [6.07, 6.45) is 2.10. The summed E-state index contributed by atoms with van der Waals surface area (Å²) in [5, 5.41) is 9.15. The van der Waals surface area contributed by atoms with Crippen molar-refractivity contribution in [1.29, 1.82) is 5.26 Å². The van der Waals surface area contributed by atoms with Gasteiger partial charge in [0.2, 0.25) is 10.0 Å². The Hall–Kier alpha value is -1.87. The predicted octanol–water partition coefficient (Wildman–Crippen LogP) is 4.20. The number of sulfonamides is 1. The molecule has 1 saturated carbocycles. The molecule has 0 amide bonds. The third kappa shape index (κ3) is 3.87. The van der Waals surface area contributed by atoms with Crippen LogP contribution in [0, 0.1) is 17.2 Å². The molecule has 2 aromatic rings. The van der Waals surface area contributed by atoms with Crippen LogP contribution in [0.25, 0.3) is 0 Å². The molecule has 1 fully saturated rings. The molecule has 2 aromatic carbocycles. The molecule has 0 spiro atoms. The van der Waals surface area contributed by atoms with Crippen molar-refractivity contribution in [2.75, 3.05) is 0 Å². The number of halogens is 1. The summed E-state index contributed by atoms with van der Waals surface area (Å²) in [7, 11) is -3.71. The first-order valence-electron chi connectivity index (χ1n) is 8.19. The van der Waals surface area contributed by atoms with Crippen LogP contribution in [0.1, 0.15) is 30.9 Å².